The maximum atomic E-state index is 13.9. The van der Waals surface area contributed by atoms with Gasteiger partial charge in [-0.15, -0.1) is 11.3 Å². The summed E-state index contributed by atoms with van der Waals surface area (Å²) in [6.45, 7) is 3.34. The number of thiazole rings is 1. The Morgan fingerprint density at radius 1 is 0.897 bits per heavy atom. The highest BCUT2D eigenvalue weighted by molar-refractivity contribution is 7.15. The van der Waals surface area contributed by atoms with Crippen LogP contribution in [-0.4, -0.2) is 26.7 Å². The second kappa shape index (κ2) is 11.3. The third-order valence-corrected chi connectivity index (χ3v) is 8.29. The number of hydrogen-bond acceptors (Lipinski definition) is 3. The molecule has 4 nitrogen and oxygen atoms in total. The largest absolute Gasteiger partial charge is 0.337 e. The van der Waals surface area contributed by atoms with Crippen molar-refractivity contribution >= 4 is 33.0 Å². The van der Waals surface area contributed by atoms with Gasteiger partial charge >= 0.3 is 0 Å². The summed E-state index contributed by atoms with van der Waals surface area (Å²) in [6, 6.07) is 35.3. The van der Waals surface area contributed by atoms with Gasteiger partial charge in [-0.1, -0.05) is 104 Å². The van der Waals surface area contributed by atoms with Gasteiger partial charge in [0.15, 0.2) is 4.96 Å². The van der Waals surface area contributed by atoms with E-state index in [1.165, 1.54) is 16.5 Å². The minimum atomic E-state index is -0.148. The zero-order chi connectivity index (χ0) is 26.6. The number of carbonyl (C=O) groups is 1. The van der Waals surface area contributed by atoms with Crippen LogP contribution in [0.15, 0.2) is 115 Å². The lowest BCUT2D eigenvalue weighted by Gasteiger charge is -2.27. The monoisotopic (exact) mass is 529 g/mol. The zero-order valence-corrected chi connectivity index (χ0v) is 22.9. The average Bonchev–Trinajstić information content (AvgIpc) is 3.58. The highest BCUT2D eigenvalue weighted by atomic mass is 32.1. The summed E-state index contributed by atoms with van der Waals surface area (Å²) in [5, 5.41) is 4.61. The van der Waals surface area contributed by atoms with Crippen LogP contribution < -0.4 is 0 Å². The van der Waals surface area contributed by atoms with Crippen LogP contribution in [0.25, 0.3) is 27.0 Å². The van der Waals surface area contributed by atoms with Crippen molar-refractivity contribution in [3.63, 3.8) is 0 Å². The SMILES string of the molecule is CCC(C(=O)N(CCc1csc2nc(-c3ccc4ccccc4c3)cn12)Cc1ccccc1)c1ccccc1. The molecule has 0 spiro atoms. The predicted octanol–water partition coefficient (Wildman–Crippen LogP) is 7.98. The second-order valence-corrected chi connectivity index (χ2v) is 10.8. The first-order chi connectivity index (χ1) is 19.2. The van der Waals surface area contributed by atoms with Gasteiger partial charge in [0, 0.05) is 42.3 Å². The lowest BCUT2D eigenvalue weighted by molar-refractivity contribution is -0.133. The summed E-state index contributed by atoms with van der Waals surface area (Å²) in [5.41, 5.74) is 5.49. The molecule has 0 fully saturated rings. The van der Waals surface area contributed by atoms with Gasteiger partial charge in [-0.2, -0.15) is 0 Å². The Bertz CT molecular complexity index is 1700. The normalized spacial score (nSPS) is 12.1. The van der Waals surface area contributed by atoms with E-state index < -0.39 is 0 Å². The summed E-state index contributed by atoms with van der Waals surface area (Å²) in [5.74, 6) is 0.0340. The third kappa shape index (κ3) is 5.36. The topological polar surface area (TPSA) is 37.6 Å². The van der Waals surface area contributed by atoms with Gasteiger partial charge in [-0.3, -0.25) is 9.20 Å². The fraction of sp³-hybridized carbons (Fsp3) is 0.176. The summed E-state index contributed by atoms with van der Waals surface area (Å²) in [4.78, 5) is 21.8. The lowest BCUT2D eigenvalue weighted by atomic mass is 9.94. The Kier molecular flexibility index (Phi) is 7.24. The first-order valence-electron chi connectivity index (χ1n) is 13.5. The van der Waals surface area contributed by atoms with E-state index in [9.17, 15) is 4.79 Å². The fourth-order valence-corrected chi connectivity index (χ4v) is 6.18. The molecule has 0 radical (unpaired) electrons. The van der Waals surface area contributed by atoms with Crippen LogP contribution >= 0.6 is 11.3 Å². The van der Waals surface area contributed by atoms with Gasteiger partial charge in [-0.25, -0.2) is 4.98 Å². The van der Waals surface area contributed by atoms with E-state index in [2.05, 4.69) is 89.6 Å². The smallest absolute Gasteiger partial charge is 0.230 e. The number of hydrogen-bond donors (Lipinski definition) is 0. The van der Waals surface area contributed by atoms with Crippen molar-refractivity contribution in [3.05, 3.63) is 132 Å². The maximum Gasteiger partial charge on any atom is 0.230 e. The van der Waals surface area contributed by atoms with Crippen molar-refractivity contribution in [2.75, 3.05) is 6.54 Å². The van der Waals surface area contributed by atoms with Gasteiger partial charge in [0.25, 0.3) is 0 Å². The van der Waals surface area contributed by atoms with E-state index in [4.69, 9.17) is 4.98 Å². The van der Waals surface area contributed by atoms with Crippen molar-refractivity contribution < 1.29 is 4.79 Å². The minimum Gasteiger partial charge on any atom is -0.337 e. The predicted molar refractivity (Wildman–Crippen MR) is 161 cm³/mol. The summed E-state index contributed by atoms with van der Waals surface area (Å²) >= 11 is 1.65. The van der Waals surface area contributed by atoms with Crippen molar-refractivity contribution in [1.82, 2.24) is 14.3 Å². The number of nitrogens with zero attached hydrogens (tertiary/aromatic N) is 3. The standard InChI is InChI=1S/C34H31N3OS/c1-2-31(27-14-7-4-8-15-27)33(38)36(22-25-11-5-3-6-12-25)20-19-30-24-39-34-35-32(23-37(30)34)29-18-17-26-13-9-10-16-28(26)21-29/h3-18,21,23-24,31H,2,19-20,22H2,1H3. The molecule has 0 bridgehead atoms. The number of fused-ring (bicyclic) bond motifs is 2. The zero-order valence-electron chi connectivity index (χ0n) is 22.0. The summed E-state index contributed by atoms with van der Waals surface area (Å²) < 4.78 is 2.19. The van der Waals surface area contributed by atoms with Gasteiger partial charge in [-0.05, 0) is 34.4 Å². The highest BCUT2D eigenvalue weighted by Crippen LogP contribution is 2.28. The first-order valence-corrected chi connectivity index (χ1v) is 14.4. The van der Waals surface area contributed by atoms with Gasteiger partial charge in [0.2, 0.25) is 5.91 Å². The molecular weight excluding hydrogens is 498 g/mol. The molecule has 0 aliphatic heterocycles. The van der Waals surface area contributed by atoms with Crippen LogP contribution in [-0.2, 0) is 17.8 Å². The van der Waals surface area contributed by atoms with Crippen molar-refractivity contribution in [1.29, 1.82) is 0 Å². The lowest BCUT2D eigenvalue weighted by Crippen LogP contribution is -2.36. The number of benzene rings is 4. The minimum absolute atomic E-state index is 0.148. The number of imidazole rings is 1. The molecule has 6 rings (SSSR count). The number of rotatable bonds is 9. The molecular formula is C34H31N3OS. The van der Waals surface area contributed by atoms with Crippen LogP contribution in [0, 0.1) is 0 Å². The van der Waals surface area contributed by atoms with Crippen LogP contribution in [0.1, 0.15) is 36.1 Å². The van der Waals surface area contributed by atoms with E-state index >= 15 is 0 Å². The summed E-state index contributed by atoms with van der Waals surface area (Å²) in [6.07, 6.45) is 3.66. The molecule has 194 valence electrons. The molecule has 1 atom stereocenters. The molecule has 0 N–H and O–H groups in total. The van der Waals surface area contributed by atoms with E-state index in [0.29, 0.717) is 13.1 Å². The number of aromatic nitrogens is 2. The van der Waals surface area contributed by atoms with Crippen LogP contribution in [0.3, 0.4) is 0 Å². The Labute approximate surface area is 233 Å². The molecule has 2 aromatic heterocycles. The number of amides is 1. The Morgan fingerprint density at radius 3 is 2.38 bits per heavy atom. The van der Waals surface area contributed by atoms with Crippen LogP contribution in [0.4, 0.5) is 0 Å². The molecule has 4 aromatic carbocycles. The molecule has 0 saturated heterocycles. The van der Waals surface area contributed by atoms with Crippen molar-refractivity contribution in [2.45, 2.75) is 32.2 Å². The first kappa shape index (κ1) is 25.1. The molecule has 1 unspecified atom stereocenters. The fourth-order valence-electron chi connectivity index (χ4n) is 5.28. The molecule has 5 heteroatoms. The Hall–Kier alpha value is -4.22. The molecule has 0 aliphatic carbocycles. The Balaban J connectivity index is 1.26. The van der Waals surface area contributed by atoms with Gasteiger partial charge in [0.05, 0.1) is 11.6 Å². The van der Waals surface area contributed by atoms with Gasteiger partial charge in [0.1, 0.15) is 0 Å². The summed E-state index contributed by atoms with van der Waals surface area (Å²) in [7, 11) is 0. The second-order valence-electron chi connectivity index (χ2n) is 9.93. The van der Waals surface area contributed by atoms with Gasteiger partial charge < -0.3 is 4.90 Å². The molecule has 0 aliphatic rings. The van der Waals surface area contributed by atoms with Crippen molar-refractivity contribution in [2.24, 2.45) is 0 Å². The Morgan fingerprint density at radius 2 is 1.62 bits per heavy atom. The molecule has 0 saturated carbocycles. The van der Waals surface area contributed by atoms with E-state index in [-0.39, 0.29) is 11.8 Å². The van der Waals surface area contributed by atoms with E-state index in [0.717, 1.165) is 40.2 Å². The maximum absolute atomic E-state index is 13.9. The van der Waals surface area contributed by atoms with E-state index in [1.807, 2.05) is 41.3 Å². The van der Waals surface area contributed by atoms with Crippen molar-refractivity contribution in [3.8, 4) is 11.3 Å². The molecule has 6 aromatic rings. The molecule has 39 heavy (non-hydrogen) atoms. The average molecular weight is 530 g/mol. The van der Waals surface area contributed by atoms with Crippen LogP contribution in [0.2, 0.25) is 0 Å². The number of carbonyl (C=O) groups excluding carboxylic acids is 1. The van der Waals surface area contributed by atoms with Crippen LogP contribution in [0.5, 0.6) is 0 Å². The molecule has 2 heterocycles. The highest BCUT2D eigenvalue weighted by Gasteiger charge is 2.25. The third-order valence-electron chi connectivity index (χ3n) is 7.40. The quantitative estimate of drug-likeness (QED) is 0.190. The van der Waals surface area contributed by atoms with E-state index in [1.54, 1.807) is 11.3 Å². The molecule has 1 amide bonds.